The first kappa shape index (κ1) is 70.8. The molecule has 0 aliphatic rings. The molecular weight excluding hydrogens is 1320 g/mol. The minimum Gasteiger partial charge on any atom is -0.672 e. The second kappa shape index (κ2) is 29.4. The average Bonchev–Trinajstić information content (AvgIpc) is 0.717. The van der Waals surface area contributed by atoms with Crippen LogP contribution in [-0.4, -0.2) is 19.5 Å². The Morgan fingerprint density at radius 1 is 0.364 bits per heavy atom. The summed E-state index contributed by atoms with van der Waals surface area (Å²) < 4.78 is 324. The summed E-state index contributed by atoms with van der Waals surface area (Å²) in [6.07, 6.45) is -3.72. The molecule has 9 rings (SSSR count). The van der Waals surface area contributed by atoms with Gasteiger partial charge in [0, 0.05) is 17.3 Å². The zero-order chi connectivity index (χ0) is 64.7. The van der Waals surface area contributed by atoms with Crippen LogP contribution in [0.3, 0.4) is 0 Å². The monoisotopic (exact) mass is 1360 g/mol. The molecule has 0 aliphatic heterocycles. The van der Waals surface area contributed by atoms with Gasteiger partial charge in [0.25, 0.3) is 0 Å². The molecule has 0 saturated heterocycles. The van der Waals surface area contributed by atoms with E-state index in [1.165, 1.54) is 11.1 Å². The minimum atomic E-state index is -7.22. The summed E-state index contributed by atoms with van der Waals surface area (Å²) in [5.41, 5.74) is -0.539. The standard InChI is InChI=1S/C24BF20.C21H20N2O2S.C10H14.C5H5N.Ru/c26-5-1(6(27)14(35)21(42)13(5)34)25(2-7(28)15(36)22(43)16(37)8(2)29,3-9(30)17(38)23(44)18(39)10(3)31)4-11(32)19(40)24(45)20(41)12(4)33;1-16-12-14-19(15-13-16)26(24,25)23-21(18-10-6-3-7-11-18)20(22)17-8-4-2-5-9-17;1-8(2)10-6-4-9(3)5-7-10;1-2-4-6-5-3-1;/h;2-15,20-22H,1H3;4-8H,1-3H3;1-5H;/q-1;-2;;;+3/t;20-,21-;;;/m.1.../s1. The molecule has 1 aromatic heterocycles. The summed E-state index contributed by atoms with van der Waals surface area (Å²) in [6.45, 7) is 8.44. The summed E-state index contributed by atoms with van der Waals surface area (Å²) >= 11 is 0. The third-order valence-electron chi connectivity index (χ3n) is 13.2. The number of hydrogen-bond donors (Lipinski definition) is 0. The molecule has 9 aromatic rings. The number of sulfonamides is 1. The van der Waals surface area contributed by atoms with Crippen LogP contribution in [0.1, 0.15) is 59.7 Å². The van der Waals surface area contributed by atoms with Gasteiger partial charge in [-0.1, -0.05) is 139 Å². The van der Waals surface area contributed by atoms with Crippen LogP contribution in [-0.2, 0) is 29.5 Å². The molecule has 463 valence electrons. The van der Waals surface area contributed by atoms with Gasteiger partial charge >= 0.3 is 19.5 Å². The number of nitrogens with one attached hydrogen (secondary N) is 1. The van der Waals surface area contributed by atoms with Crippen molar-refractivity contribution in [3.63, 3.8) is 0 Å². The number of aromatic nitrogens is 1. The van der Waals surface area contributed by atoms with E-state index in [-0.39, 0.29) is 24.4 Å². The zero-order valence-corrected chi connectivity index (χ0v) is 47.7. The number of rotatable bonds is 11. The summed E-state index contributed by atoms with van der Waals surface area (Å²) in [6, 6.07) is 37.7. The van der Waals surface area contributed by atoms with Gasteiger partial charge in [0.2, 0.25) is 0 Å². The molecule has 0 unspecified atom stereocenters. The fraction of sp³-hybridized carbons (Fsp3) is 0.117. The average molecular weight is 1360 g/mol. The van der Waals surface area contributed by atoms with E-state index in [0.29, 0.717) is 11.5 Å². The second-order valence-corrected chi connectivity index (χ2v) is 20.7. The maximum atomic E-state index is 15.4. The molecule has 1 radical (unpaired) electrons. The molecular formula is C60H39BF20N3O2RuS. The quantitative estimate of drug-likeness (QED) is 0.0560. The van der Waals surface area contributed by atoms with E-state index >= 15 is 35.1 Å². The minimum absolute atomic E-state index is 0. The molecule has 0 bridgehead atoms. The van der Waals surface area contributed by atoms with Crippen molar-refractivity contribution in [1.29, 1.82) is 0 Å². The third-order valence-corrected chi connectivity index (χ3v) is 14.6. The first-order valence-corrected chi connectivity index (χ1v) is 26.3. The van der Waals surface area contributed by atoms with Crippen molar-refractivity contribution in [1.82, 2.24) is 4.98 Å². The number of aryl methyl sites for hydroxylation is 2. The van der Waals surface area contributed by atoms with Crippen LogP contribution in [0.5, 0.6) is 0 Å². The van der Waals surface area contributed by atoms with Crippen LogP contribution in [0.25, 0.3) is 10.5 Å². The van der Waals surface area contributed by atoms with E-state index in [0.717, 1.165) is 11.1 Å². The molecule has 0 aliphatic carbocycles. The second-order valence-electron chi connectivity index (χ2n) is 19.0. The summed E-state index contributed by atoms with van der Waals surface area (Å²) in [5, 5.41) is 0. The Labute approximate surface area is 501 Å². The number of hydrogen-bond acceptors (Lipinski definition) is 3. The van der Waals surface area contributed by atoms with Crippen molar-refractivity contribution in [2.45, 2.75) is 50.6 Å². The molecule has 28 heteroatoms. The van der Waals surface area contributed by atoms with E-state index in [9.17, 15) is 61.1 Å². The molecule has 2 atom stereocenters. The Kier molecular flexibility index (Phi) is 23.6. The van der Waals surface area contributed by atoms with E-state index in [2.05, 4.69) is 54.7 Å². The molecule has 5 nitrogen and oxygen atoms in total. The van der Waals surface area contributed by atoms with Crippen molar-refractivity contribution in [2.75, 3.05) is 0 Å². The molecule has 0 fully saturated rings. The van der Waals surface area contributed by atoms with Crippen LogP contribution in [0.4, 0.5) is 87.8 Å². The third kappa shape index (κ3) is 14.1. The molecule has 0 spiro atoms. The van der Waals surface area contributed by atoms with Crippen molar-refractivity contribution in [3.05, 3.63) is 294 Å². The molecule has 0 amide bonds. The summed E-state index contributed by atoms with van der Waals surface area (Å²) in [5.74, 6) is -70.8. The van der Waals surface area contributed by atoms with Crippen molar-refractivity contribution >= 4 is 38.0 Å². The van der Waals surface area contributed by atoms with Crippen LogP contribution in [0, 0.1) is 130 Å². The number of benzene rings is 8. The predicted octanol–water partition coefficient (Wildman–Crippen LogP) is 15.6. The molecule has 8 aromatic carbocycles. The van der Waals surface area contributed by atoms with E-state index < -0.39 is 166 Å². The predicted molar refractivity (Wildman–Crippen MR) is 283 cm³/mol. The first-order chi connectivity index (χ1) is 40.9. The maximum Gasteiger partial charge on any atom is 3.00 e. The van der Waals surface area contributed by atoms with Gasteiger partial charge in [0.1, 0.15) is 62.7 Å². The molecule has 1 N–H and O–H groups in total. The van der Waals surface area contributed by atoms with Gasteiger partial charge in [-0.25, -0.2) is 96.2 Å². The number of halogens is 20. The van der Waals surface area contributed by atoms with Crippen molar-refractivity contribution < 1.29 is 116 Å². The van der Waals surface area contributed by atoms with Crippen LogP contribution in [0.15, 0.2) is 145 Å². The smallest absolute Gasteiger partial charge is 0.672 e. The Morgan fingerprint density at radius 3 is 0.886 bits per heavy atom. The summed E-state index contributed by atoms with van der Waals surface area (Å²) in [4.78, 5) is 3.93. The van der Waals surface area contributed by atoms with Gasteiger partial charge in [-0.2, -0.15) is 0 Å². The Morgan fingerprint density at radius 2 is 0.625 bits per heavy atom. The van der Waals surface area contributed by atoms with Gasteiger partial charge in [0.15, 0.2) is 69.8 Å². The van der Waals surface area contributed by atoms with E-state index in [1.54, 1.807) is 36.7 Å². The van der Waals surface area contributed by atoms with E-state index in [1.807, 2.05) is 85.8 Å². The van der Waals surface area contributed by atoms with Crippen LogP contribution >= 0.6 is 0 Å². The summed E-state index contributed by atoms with van der Waals surface area (Å²) in [7, 11) is -3.87. The molecule has 1 heterocycles. The first-order valence-electron chi connectivity index (χ1n) is 24.9. The number of nitrogens with zero attached hydrogens (tertiary/aromatic N) is 2. The fourth-order valence-electron chi connectivity index (χ4n) is 8.87. The fourth-order valence-corrected chi connectivity index (χ4v) is 10.0. The molecule has 0 saturated carbocycles. The van der Waals surface area contributed by atoms with Crippen LogP contribution < -0.4 is 21.9 Å². The van der Waals surface area contributed by atoms with E-state index in [4.69, 9.17) is 5.73 Å². The Bertz CT molecular complexity index is 3640. The largest absolute Gasteiger partial charge is 3.00 e. The SMILES string of the molecule is Cc1ccc(C(C)C)cc1.Cc1ccc(S(=O)(=O)[N-][C@H](c2ccccc2)[C@H]([NH-])c2ccccc2)cc1.Fc1c(F)c(F)c([B-](c2c(F)c(F)c(F)c(F)c2F)(c2c(F)c(F)c(F)c(F)c2F)c2c(F)c(F)c(F)c(F)c2F)c(F)c1F.[Ru+3].c1ccncc1. The van der Waals surface area contributed by atoms with Gasteiger partial charge < -0.3 is 10.5 Å². The molecule has 88 heavy (non-hydrogen) atoms. The van der Waals surface area contributed by atoms with Gasteiger partial charge in [-0.3, -0.25) is 4.98 Å². The van der Waals surface area contributed by atoms with Gasteiger partial charge in [0.05, 0.1) is 0 Å². The van der Waals surface area contributed by atoms with Gasteiger partial charge in [-0.05, 0) is 49.6 Å². The Hall–Kier alpha value is -7.93. The van der Waals surface area contributed by atoms with Crippen molar-refractivity contribution in [3.8, 4) is 0 Å². The Balaban J connectivity index is 0.000000271. The van der Waals surface area contributed by atoms with Crippen LogP contribution in [0.2, 0.25) is 0 Å². The maximum absolute atomic E-state index is 15.4. The van der Waals surface area contributed by atoms with Gasteiger partial charge in [-0.15, -0.1) is 33.9 Å². The number of pyridine rings is 1. The normalized spacial score (nSPS) is 12.0. The van der Waals surface area contributed by atoms with Crippen molar-refractivity contribution in [2.24, 2.45) is 0 Å². The zero-order valence-electron chi connectivity index (χ0n) is 45.1. The topological polar surface area (TPSA) is 84.9 Å².